The van der Waals surface area contributed by atoms with Crippen LogP contribution in [-0.4, -0.2) is 70.1 Å². The molecule has 1 amide bonds. The highest BCUT2D eigenvalue weighted by Crippen LogP contribution is 2.41. The van der Waals surface area contributed by atoms with E-state index in [2.05, 4.69) is 21.9 Å². The van der Waals surface area contributed by atoms with E-state index in [0.29, 0.717) is 18.7 Å². The number of carbonyl (C=O) groups is 1. The van der Waals surface area contributed by atoms with Crippen LogP contribution in [0.2, 0.25) is 0 Å². The molecule has 2 saturated heterocycles. The predicted molar refractivity (Wildman–Crippen MR) is 105 cm³/mol. The van der Waals surface area contributed by atoms with Gasteiger partial charge in [0.2, 0.25) is 0 Å². The molecular formula is C21H28N4O2. The van der Waals surface area contributed by atoms with Crippen molar-refractivity contribution in [3.05, 3.63) is 35.2 Å². The number of hydrogen-bond acceptors (Lipinski definition) is 5. The standard InChI is InChI=1S/C21H28N4O2/c1-14-15(2)23-18-11-16(5-6-17(18)22-14)20(27)25-10-8-21(13-26)7-4-9-24(3)19(21)12-25/h5-6,11,19,26H,4,7-10,12-13H2,1-3H3/t19-,21-/m1/s1. The van der Waals surface area contributed by atoms with Gasteiger partial charge >= 0.3 is 0 Å². The van der Waals surface area contributed by atoms with E-state index in [1.54, 1.807) is 0 Å². The van der Waals surface area contributed by atoms with Crippen molar-refractivity contribution in [3.8, 4) is 0 Å². The van der Waals surface area contributed by atoms with Crippen LogP contribution in [0.15, 0.2) is 18.2 Å². The van der Waals surface area contributed by atoms with Gasteiger partial charge in [0.15, 0.2) is 0 Å². The number of carbonyl (C=O) groups excluding carboxylic acids is 1. The Kier molecular flexibility index (Phi) is 4.64. The Morgan fingerprint density at radius 3 is 2.67 bits per heavy atom. The summed E-state index contributed by atoms with van der Waals surface area (Å²) < 4.78 is 0. The second-order valence-corrected chi connectivity index (χ2v) is 8.22. The maximum atomic E-state index is 13.2. The maximum Gasteiger partial charge on any atom is 0.253 e. The maximum absolute atomic E-state index is 13.2. The predicted octanol–water partition coefficient (Wildman–Crippen LogP) is 2.17. The molecule has 2 aromatic rings. The fourth-order valence-electron chi connectivity index (χ4n) is 4.75. The second-order valence-electron chi connectivity index (χ2n) is 8.22. The van der Waals surface area contributed by atoms with Crippen LogP contribution in [0.1, 0.15) is 41.0 Å². The Balaban J connectivity index is 1.60. The number of nitrogens with zero attached hydrogens (tertiary/aromatic N) is 4. The minimum absolute atomic E-state index is 0.0439. The number of rotatable bonds is 2. The molecule has 1 N–H and O–H groups in total. The first-order valence-corrected chi connectivity index (χ1v) is 9.79. The van der Waals surface area contributed by atoms with E-state index in [-0.39, 0.29) is 24.0 Å². The van der Waals surface area contributed by atoms with Gasteiger partial charge < -0.3 is 14.9 Å². The zero-order chi connectivity index (χ0) is 19.2. The third-order valence-corrected chi connectivity index (χ3v) is 6.62. The highest BCUT2D eigenvalue weighted by molar-refractivity contribution is 5.97. The van der Waals surface area contributed by atoms with E-state index in [1.807, 2.05) is 36.9 Å². The van der Waals surface area contributed by atoms with Crippen molar-refractivity contribution in [2.45, 2.75) is 39.2 Å². The lowest BCUT2D eigenvalue weighted by Gasteiger charge is -2.53. The number of fused-ring (bicyclic) bond motifs is 2. The first kappa shape index (κ1) is 18.3. The quantitative estimate of drug-likeness (QED) is 0.880. The molecule has 0 saturated carbocycles. The molecule has 2 atom stereocenters. The molecule has 2 aliphatic rings. The van der Waals surface area contributed by atoms with Crippen LogP contribution in [-0.2, 0) is 0 Å². The van der Waals surface area contributed by atoms with Gasteiger partial charge in [0.25, 0.3) is 5.91 Å². The molecule has 4 rings (SSSR count). The smallest absolute Gasteiger partial charge is 0.253 e. The number of benzene rings is 1. The largest absolute Gasteiger partial charge is 0.396 e. The van der Waals surface area contributed by atoms with E-state index in [0.717, 1.165) is 48.2 Å². The van der Waals surface area contributed by atoms with Crippen molar-refractivity contribution >= 4 is 16.9 Å². The van der Waals surface area contributed by atoms with Crippen LogP contribution in [0.4, 0.5) is 0 Å². The molecular weight excluding hydrogens is 340 g/mol. The molecule has 1 aromatic carbocycles. The number of amides is 1. The van der Waals surface area contributed by atoms with Crippen molar-refractivity contribution in [2.24, 2.45) is 5.41 Å². The number of likely N-dealkylation sites (N-methyl/N-ethyl adjacent to an activating group) is 1. The topological polar surface area (TPSA) is 69.6 Å². The van der Waals surface area contributed by atoms with E-state index in [4.69, 9.17) is 0 Å². The minimum Gasteiger partial charge on any atom is -0.396 e. The van der Waals surface area contributed by atoms with Gasteiger partial charge in [0, 0.05) is 30.1 Å². The van der Waals surface area contributed by atoms with Crippen molar-refractivity contribution in [3.63, 3.8) is 0 Å². The number of aryl methyl sites for hydroxylation is 2. The zero-order valence-electron chi connectivity index (χ0n) is 16.4. The monoisotopic (exact) mass is 368 g/mol. The number of aliphatic hydroxyl groups excluding tert-OH is 1. The van der Waals surface area contributed by atoms with E-state index >= 15 is 0 Å². The normalized spacial score (nSPS) is 26.2. The molecule has 0 radical (unpaired) electrons. The van der Waals surface area contributed by atoms with Gasteiger partial charge in [-0.2, -0.15) is 0 Å². The molecule has 0 aliphatic carbocycles. The van der Waals surface area contributed by atoms with E-state index in [9.17, 15) is 9.90 Å². The summed E-state index contributed by atoms with van der Waals surface area (Å²) in [5.74, 6) is 0.0439. The summed E-state index contributed by atoms with van der Waals surface area (Å²) in [6.45, 7) is 6.48. The van der Waals surface area contributed by atoms with Gasteiger partial charge in [-0.05, 0) is 64.9 Å². The van der Waals surface area contributed by atoms with Crippen LogP contribution in [0.3, 0.4) is 0 Å². The highest BCUT2D eigenvalue weighted by atomic mass is 16.3. The Morgan fingerprint density at radius 1 is 1.19 bits per heavy atom. The number of aromatic nitrogens is 2. The number of piperidine rings is 2. The van der Waals surface area contributed by atoms with Crippen molar-refractivity contribution in [1.82, 2.24) is 19.8 Å². The van der Waals surface area contributed by atoms with Crippen molar-refractivity contribution in [2.75, 3.05) is 33.3 Å². The molecule has 27 heavy (non-hydrogen) atoms. The highest BCUT2D eigenvalue weighted by Gasteiger charge is 2.47. The lowest BCUT2D eigenvalue weighted by atomic mass is 9.69. The Morgan fingerprint density at radius 2 is 1.93 bits per heavy atom. The van der Waals surface area contributed by atoms with E-state index in [1.165, 1.54) is 0 Å². The average molecular weight is 368 g/mol. The minimum atomic E-state index is -0.0622. The number of aliphatic hydroxyl groups is 1. The van der Waals surface area contributed by atoms with Gasteiger partial charge in [-0.15, -0.1) is 0 Å². The summed E-state index contributed by atoms with van der Waals surface area (Å²) in [7, 11) is 2.11. The summed E-state index contributed by atoms with van der Waals surface area (Å²) in [6, 6.07) is 5.82. The van der Waals surface area contributed by atoms with Gasteiger partial charge in [0.1, 0.15) is 0 Å². The van der Waals surface area contributed by atoms with Crippen LogP contribution >= 0.6 is 0 Å². The molecule has 2 aliphatic heterocycles. The SMILES string of the molecule is Cc1nc2ccc(C(=O)N3CC[C@@]4(CO)CCCN(C)[C@@H]4C3)cc2nc1C. The van der Waals surface area contributed by atoms with Gasteiger partial charge in [0.05, 0.1) is 29.0 Å². The third-order valence-electron chi connectivity index (χ3n) is 6.62. The van der Waals surface area contributed by atoms with Crippen LogP contribution in [0, 0.1) is 19.3 Å². The molecule has 0 spiro atoms. The second kappa shape index (κ2) is 6.84. The molecule has 0 bridgehead atoms. The van der Waals surface area contributed by atoms with Crippen molar-refractivity contribution < 1.29 is 9.90 Å². The molecule has 0 unspecified atom stereocenters. The van der Waals surface area contributed by atoms with Crippen molar-refractivity contribution in [1.29, 1.82) is 0 Å². The first-order chi connectivity index (χ1) is 12.9. The molecule has 2 fully saturated rings. The fourth-order valence-corrected chi connectivity index (χ4v) is 4.75. The van der Waals surface area contributed by atoms with Crippen LogP contribution in [0.5, 0.6) is 0 Å². The first-order valence-electron chi connectivity index (χ1n) is 9.79. The molecule has 3 heterocycles. The Hall–Kier alpha value is -2.05. The Bertz CT molecular complexity index is 884. The van der Waals surface area contributed by atoms with Gasteiger partial charge in [-0.3, -0.25) is 4.79 Å². The van der Waals surface area contributed by atoms with E-state index < -0.39 is 0 Å². The van der Waals surface area contributed by atoms with Gasteiger partial charge in [-0.1, -0.05) is 0 Å². The number of hydrogen-bond donors (Lipinski definition) is 1. The third kappa shape index (κ3) is 3.11. The van der Waals surface area contributed by atoms with Crippen LogP contribution in [0.25, 0.3) is 11.0 Å². The van der Waals surface area contributed by atoms with Crippen LogP contribution < -0.4 is 0 Å². The zero-order valence-corrected chi connectivity index (χ0v) is 16.4. The summed E-state index contributed by atoms with van der Waals surface area (Å²) >= 11 is 0. The molecule has 6 nitrogen and oxygen atoms in total. The average Bonchev–Trinajstić information content (AvgIpc) is 2.68. The fraction of sp³-hybridized carbons (Fsp3) is 0.571. The summed E-state index contributed by atoms with van der Waals surface area (Å²) in [4.78, 5) is 26.6. The summed E-state index contributed by atoms with van der Waals surface area (Å²) in [6.07, 6.45) is 3.02. The molecule has 1 aromatic heterocycles. The number of likely N-dealkylation sites (tertiary alicyclic amines) is 2. The van der Waals surface area contributed by atoms with Gasteiger partial charge in [-0.25, -0.2) is 9.97 Å². The summed E-state index contributed by atoms with van der Waals surface area (Å²) in [5, 5.41) is 10.1. The molecule has 6 heteroatoms. The lowest BCUT2D eigenvalue weighted by Crippen LogP contribution is -2.62. The Labute approximate surface area is 160 Å². The summed E-state index contributed by atoms with van der Waals surface area (Å²) in [5.41, 5.74) is 3.99. The lowest BCUT2D eigenvalue weighted by molar-refractivity contribution is -0.0601. The molecule has 144 valence electrons.